The van der Waals surface area contributed by atoms with Gasteiger partial charge in [0.05, 0.1) is 24.7 Å². The molecular formula is C17H21NO4. The standard InChI is InChI=1S/C17H21NO4/c1-17(2)15(20)11-7-6-10(22-3)9-12(11)14(16(17)21)18-8-4-5-13(18)19/h6-7,9,14,16,21H,4-5,8H2,1-3H3. The van der Waals surface area contributed by atoms with E-state index in [9.17, 15) is 14.7 Å². The van der Waals surface area contributed by atoms with E-state index in [0.717, 1.165) is 6.42 Å². The van der Waals surface area contributed by atoms with Crippen LogP contribution in [0, 0.1) is 5.41 Å². The molecule has 1 saturated heterocycles. The molecule has 1 heterocycles. The highest BCUT2D eigenvalue weighted by molar-refractivity contribution is 6.03. The van der Waals surface area contributed by atoms with Gasteiger partial charge in [0.15, 0.2) is 5.78 Å². The fourth-order valence-electron chi connectivity index (χ4n) is 3.47. The fraction of sp³-hybridized carbons (Fsp3) is 0.529. The number of carbonyl (C=O) groups is 2. The molecule has 2 aliphatic rings. The minimum absolute atomic E-state index is 0.0305. The van der Waals surface area contributed by atoms with Gasteiger partial charge < -0.3 is 14.7 Å². The van der Waals surface area contributed by atoms with Crippen molar-refractivity contribution < 1.29 is 19.4 Å². The maximum Gasteiger partial charge on any atom is 0.223 e. The van der Waals surface area contributed by atoms with Gasteiger partial charge in [0.25, 0.3) is 0 Å². The van der Waals surface area contributed by atoms with Crippen molar-refractivity contribution in [2.75, 3.05) is 13.7 Å². The van der Waals surface area contributed by atoms with E-state index in [4.69, 9.17) is 4.74 Å². The maximum absolute atomic E-state index is 12.7. The number of Topliss-reactive ketones (excluding diaryl/α,β-unsaturated/α-hetero) is 1. The van der Waals surface area contributed by atoms with Gasteiger partial charge in [-0.25, -0.2) is 0 Å². The lowest BCUT2D eigenvalue weighted by Crippen LogP contribution is -2.51. The molecule has 1 fully saturated rings. The van der Waals surface area contributed by atoms with E-state index in [2.05, 4.69) is 0 Å². The molecule has 1 amide bonds. The first kappa shape index (κ1) is 15.0. The lowest BCUT2D eigenvalue weighted by molar-refractivity contribution is -0.134. The monoisotopic (exact) mass is 303 g/mol. The normalized spacial score (nSPS) is 27.0. The van der Waals surface area contributed by atoms with Gasteiger partial charge in [0.1, 0.15) is 5.75 Å². The van der Waals surface area contributed by atoms with Crippen molar-refractivity contribution in [1.82, 2.24) is 4.90 Å². The van der Waals surface area contributed by atoms with Crippen LogP contribution in [0.4, 0.5) is 0 Å². The summed E-state index contributed by atoms with van der Waals surface area (Å²) in [5, 5.41) is 10.8. The summed E-state index contributed by atoms with van der Waals surface area (Å²) in [5.74, 6) is 0.554. The molecule has 1 aromatic rings. The average Bonchev–Trinajstić information content (AvgIpc) is 2.91. The average molecular weight is 303 g/mol. The van der Waals surface area contributed by atoms with Crippen LogP contribution >= 0.6 is 0 Å². The highest BCUT2D eigenvalue weighted by Gasteiger charge is 2.50. The van der Waals surface area contributed by atoms with Crippen LogP contribution in [0.25, 0.3) is 0 Å². The zero-order valence-electron chi connectivity index (χ0n) is 13.1. The van der Waals surface area contributed by atoms with E-state index in [0.29, 0.717) is 29.8 Å². The van der Waals surface area contributed by atoms with Gasteiger partial charge >= 0.3 is 0 Å². The van der Waals surface area contributed by atoms with Crippen molar-refractivity contribution in [1.29, 1.82) is 0 Å². The van der Waals surface area contributed by atoms with Crippen LogP contribution in [-0.4, -0.2) is 41.5 Å². The molecule has 1 N–H and O–H groups in total. The number of rotatable bonds is 2. The Bertz CT molecular complexity index is 638. The number of fused-ring (bicyclic) bond motifs is 1. The molecule has 5 nitrogen and oxygen atoms in total. The van der Waals surface area contributed by atoms with E-state index >= 15 is 0 Å². The van der Waals surface area contributed by atoms with E-state index in [1.807, 2.05) is 0 Å². The number of hydrogen-bond acceptors (Lipinski definition) is 4. The zero-order valence-corrected chi connectivity index (χ0v) is 13.1. The highest BCUT2D eigenvalue weighted by atomic mass is 16.5. The molecule has 1 aliphatic carbocycles. The van der Waals surface area contributed by atoms with E-state index < -0.39 is 17.6 Å². The molecule has 2 atom stereocenters. The predicted molar refractivity (Wildman–Crippen MR) is 80.8 cm³/mol. The Hall–Kier alpha value is -1.88. The quantitative estimate of drug-likeness (QED) is 0.906. The SMILES string of the molecule is COc1ccc2c(c1)C(N1CCCC1=O)C(O)C(C)(C)C2=O. The number of nitrogens with zero attached hydrogens (tertiary/aromatic N) is 1. The fourth-order valence-corrected chi connectivity index (χ4v) is 3.47. The summed E-state index contributed by atoms with van der Waals surface area (Å²) < 4.78 is 5.24. The molecule has 22 heavy (non-hydrogen) atoms. The smallest absolute Gasteiger partial charge is 0.223 e. The number of amides is 1. The van der Waals surface area contributed by atoms with E-state index in [1.54, 1.807) is 44.1 Å². The van der Waals surface area contributed by atoms with E-state index in [-0.39, 0.29) is 11.7 Å². The lowest BCUT2D eigenvalue weighted by atomic mass is 9.68. The first-order valence-corrected chi connectivity index (χ1v) is 7.58. The minimum atomic E-state index is -0.929. The number of aliphatic hydroxyl groups excluding tert-OH is 1. The number of benzene rings is 1. The largest absolute Gasteiger partial charge is 0.497 e. The third-order valence-corrected chi connectivity index (χ3v) is 4.89. The Morgan fingerprint density at radius 2 is 2.05 bits per heavy atom. The Labute approximate surface area is 129 Å². The van der Waals surface area contributed by atoms with Gasteiger partial charge in [0, 0.05) is 18.5 Å². The second-order valence-electron chi connectivity index (χ2n) is 6.58. The van der Waals surface area contributed by atoms with Crippen LogP contribution in [0.5, 0.6) is 5.75 Å². The molecular weight excluding hydrogens is 282 g/mol. The molecule has 3 rings (SSSR count). The number of ketones is 1. The molecule has 5 heteroatoms. The van der Waals surface area contributed by atoms with Gasteiger partial charge in [-0.05, 0) is 44.0 Å². The summed E-state index contributed by atoms with van der Waals surface area (Å²) >= 11 is 0. The van der Waals surface area contributed by atoms with Crippen molar-refractivity contribution in [3.05, 3.63) is 29.3 Å². The summed E-state index contributed by atoms with van der Waals surface area (Å²) in [4.78, 5) is 26.6. The summed E-state index contributed by atoms with van der Waals surface area (Å²) in [7, 11) is 1.56. The third kappa shape index (κ3) is 2.03. The molecule has 118 valence electrons. The van der Waals surface area contributed by atoms with Crippen LogP contribution in [0.3, 0.4) is 0 Å². The van der Waals surface area contributed by atoms with Gasteiger partial charge in [-0.3, -0.25) is 9.59 Å². The Morgan fingerprint density at radius 3 is 2.64 bits per heavy atom. The number of methoxy groups -OCH3 is 1. The van der Waals surface area contributed by atoms with Gasteiger partial charge in [-0.1, -0.05) is 0 Å². The maximum atomic E-state index is 12.7. The summed E-state index contributed by atoms with van der Waals surface area (Å²) in [6.45, 7) is 4.09. The predicted octanol–water partition coefficient (Wildman–Crippen LogP) is 1.94. The van der Waals surface area contributed by atoms with Crippen molar-refractivity contribution in [2.24, 2.45) is 5.41 Å². The van der Waals surface area contributed by atoms with Crippen molar-refractivity contribution in [2.45, 2.75) is 38.8 Å². The topological polar surface area (TPSA) is 66.8 Å². The summed E-state index contributed by atoms with van der Waals surface area (Å²) in [5.41, 5.74) is 0.335. The first-order valence-electron chi connectivity index (χ1n) is 7.58. The number of likely N-dealkylation sites (tertiary alicyclic amines) is 1. The Balaban J connectivity index is 2.17. The minimum Gasteiger partial charge on any atom is -0.497 e. The second-order valence-corrected chi connectivity index (χ2v) is 6.58. The van der Waals surface area contributed by atoms with Gasteiger partial charge in [0.2, 0.25) is 5.91 Å². The molecule has 0 bridgehead atoms. The number of aliphatic hydroxyl groups is 1. The molecule has 1 aromatic carbocycles. The number of ether oxygens (including phenoxy) is 1. The second kappa shape index (κ2) is 5.09. The zero-order chi connectivity index (χ0) is 16.1. The lowest BCUT2D eigenvalue weighted by Gasteiger charge is -2.44. The Kier molecular flexibility index (Phi) is 3.48. The van der Waals surface area contributed by atoms with Crippen molar-refractivity contribution in [3.8, 4) is 5.75 Å². The van der Waals surface area contributed by atoms with Gasteiger partial charge in [-0.2, -0.15) is 0 Å². The summed E-state index contributed by atoms with van der Waals surface area (Å²) in [6.07, 6.45) is 0.355. The molecule has 0 spiro atoms. The molecule has 1 aliphatic heterocycles. The third-order valence-electron chi connectivity index (χ3n) is 4.89. The number of hydrogen-bond donors (Lipinski definition) is 1. The molecule has 0 aromatic heterocycles. The van der Waals surface area contributed by atoms with Crippen molar-refractivity contribution >= 4 is 11.7 Å². The molecule has 2 unspecified atom stereocenters. The number of carbonyl (C=O) groups excluding carboxylic acids is 2. The first-order chi connectivity index (χ1) is 10.4. The van der Waals surface area contributed by atoms with Crippen LogP contribution in [0.15, 0.2) is 18.2 Å². The van der Waals surface area contributed by atoms with Crippen LogP contribution in [0.2, 0.25) is 0 Å². The van der Waals surface area contributed by atoms with Crippen molar-refractivity contribution in [3.63, 3.8) is 0 Å². The van der Waals surface area contributed by atoms with Crippen LogP contribution < -0.4 is 4.74 Å². The van der Waals surface area contributed by atoms with E-state index in [1.165, 1.54) is 0 Å². The summed E-state index contributed by atoms with van der Waals surface area (Å²) in [6, 6.07) is 4.75. The Morgan fingerprint density at radius 1 is 1.32 bits per heavy atom. The van der Waals surface area contributed by atoms with Crippen LogP contribution in [-0.2, 0) is 4.79 Å². The highest BCUT2D eigenvalue weighted by Crippen LogP contribution is 2.45. The van der Waals surface area contributed by atoms with Gasteiger partial charge in [-0.15, -0.1) is 0 Å². The molecule has 0 radical (unpaired) electrons. The van der Waals surface area contributed by atoms with Crippen LogP contribution in [0.1, 0.15) is 48.7 Å². The molecule has 0 saturated carbocycles.